The lowest BCUT2D eigenvalue weighted by molar-refractivity contribution is 0.678. The van der Waals surface area contributed by atoms with Crippen molar-refractivity contribution in [2.45, 2.75) is 6.54 Å². The van der Waals surface area contributed by atoms with Crippen LogP contribution < -0.4 is 10.2 Å². The van der Waals surface area contributed by atoms with E-state index in [2.05, 4.69) is 75.7 Å². The molecular formula is C16H19BrN2. The fourth-order valence-electron chi connectivity index (χ4n) is 1.92. The number of rotatable bonds is 6. The van der Waals surface area contributed by atoms with E-state index in [1.165, 1.54) is 15.7 Å². The minimum Gasteiger partial charge on any atom is -0.373 e. The van der Waals surface area contributed by atoms with Crippen LogP contribution in [0.5, 0.6) is 0 Å². The topological polar surface area (TPSA) is 15.3 Å². The number of halogens is 1. The summed E-state index contributed by atoms with van der Waals surface area (Å²) in [6, 6.07) is 18.8. The highest BCUT2D eigenvalue weighted by molar-refractivity contribution is 9.10. The second-order valence-corrected chi connectivity index (χ2v) is 5.38. The first-order valence-corrected chi connectivity index (χ1v) is 7.27. The van der Waals surface area contributed by atoms with Gasteiger partial charge in [-0.1, -0.05) is 52.3 Å². The quantitative estimate of drug-likeness (QED) is 0.817. The molecular weight excluding hydrogens is 300 g/mol. The van der Waals surface area contributed by atoms with Crippen LogP contribution in [0.25, 0.3) is 0 Å². The Morgan fingerprint density at radius 2 is 1.68 bits per heavy atom. The van der Waals surface area contributed by atoms with Gasteiger partial charge in [0.05, 0.1) is 0 Å². The fourth-order valence-corrected chi connectivity index (χ4v) is 2.35. The van der Waals surface area contributed by atoms with Crippen LogP contribution in [0.1, 0.15) is 5.56 Å². The molecule has 1 N–H and O–H groups in total. The first kappa shape index (κ1) is 14.1. The van der Waals surface area contributed by atoms with Gasteiger partial charge in [0.1, 0.15) is 0 Å². The molecule has 0 aromatic heterocycles. The highest BCUT2D eigenvalue weighted by Crippen LogP contribution is 2.15. The van der Waals surface area contributed by atoms with Crippen molar-refractivity contribution in [3.63, 3.8) is 0 Å². The summed E-state index contributed by atoms with van der Waals surface area (Å²) in [5.41, 5.74) is 2.55. The highest BCUT2D eigenvalue weighted by atomic mass is 79.9. The number of nitrogens with one attached hydrogen (secondary N) is 1. The van der Waals surface area contributed by atoms with Crippen molar-refractivity contribution in [1.29, 1.82) is 0 Å². The van der Waals surface area contributed by atoms with Crippen molar-refractivity contribution in [3.05, 3.63) is 64.6 Å². The van der Waals surface area contributed by atoms with Crippen LogP contribution in [-0.2, 0) is 6.54 Å². The van der Waals surface area contributed by atoms with E-state index in [0.29, 0.717) is 0 Å². The smallest absolute Gasteiger partial charge is 0.0364 e. The molecule has 19 heavy (non-hydrogen) atoms. The molecule has 100 valence electrons. The molecule has 2 aromatic carbocycles. The zero-order valence-corrected chi connectivity index (χ0v) is 12.7. The van der Waals surface area contributed by atoms with E-state index in [-0.39, 0.29) is 0 Å². The molecule has 0 radical (unpaired) electrons. The molecule has 2 nitrogen and oxygen atoms in total. The average molecular weight is 319 g/mol. The van der Waals surface area contributed by atoms with Gasteiger partial charge in [0.15, 0.2) is 0 Å². The maximum Gasteiger partial charge on any atom is 0.0364 e. The molecule has 2 aromatic rings. The monoisotopic (exact) mass is 318 g/mol. The molecule has 0 unspecified atom stereocenters. The minimum atomic E-state index is 0.893. The summed E-state index contributed by atoms with van der Waals surface area (Å²) in [5.74, 6) is 0. The Morgan fingerprint density at radius 3 is 2.42 bits per heavy atom. The Kier molecular flexibility index (Phi) is 5.43. The molecule has 0 fully saturated rings. The summed E-state index contributed by atoms with van der Waals surface area (Å²) in [6.45, 7) is 2.85. The van der Waals surface area contributed by atoms with Gasteiger partial charge in [0.25, 0.3) is 0 Å². The van der Waals surface area contributed by atoms with Crippen LogP contribution in [0.4, 0.5) is 5.69 Å². The van der Waals surface area contributed by atoms with Gasteiger partial charge >= 0.3 is 0 Å². The first-order chi connectivity index (χ1) is 9.27. The van der Waals surface area contributed by atoms with E-state index in [4.69, 9.17) is 0 Å². The second kappa shape index (κ2) is 7.31. The molecule has 0 bridgehead atoms. The van der Waals surface area contributed by atoms with Gasteiger partial charge in [-0.2, -0.15) is 0 Å². The van der Waals surface area contributed by atoms with Crippen LogP contribution in [0.15, 0.2) is 59.1 Å². The molecule has 0 amide bonds. The maximum atomic E-state index is 3.56. The number of likely N-dealkylation sites (N-methyl/N-ethyl adjacent to an activating group) is 1. The van der Waals surface area contributed by atoms with Crippen molar-refractivity contribution in [2.24, 2.45) is 0 Å². The number of benzene rings is 2. The highest BCUT2D eigenvalue weighted by Gasteiger charge is 2.00. The summed E-state index contributed by atoms with van der Waals surface area (Å²) >= 11 is 3.56. The van der Waals surface area contributed by atoms with Gasteiger partial charge < -0.3 is 10.2 Å². The number of nitrogens with zero attached hydrogens (tertiary/aromatic N) is 1. The van der Waals surface area contributed by atoms with Crippen LogP contribution >= 0.6 is 15.9 Å². The minimum absolute atomic E-state index is 0.893. The van der Waals surface area contributed by atoms with Gasteiger partial charge in [-0.15, -0.1) is 0 Å². The molecule has 0 aliphatic rings. The third-order valence-electron chi connectivity index (χ3n) is 3.09. The van der Waals surface area contributed by atoms with E-state index in [1.54, 1.807) is 0 Å². The van der Waals surface area contributed by atoms with Gasteiger partial charge in [-0.25, -0.2) is 0 Å². The Hall–Kier alpha value is -1.32. The average Bonchev–Trinajstić information content (AvgIpc) is 2.46. The molecule has 0 saturated heterocycles. The lowest BCUT2D eigenvalue weighted by Gasteiger charge is -2.19. The zero-order valence-electron chi connectivity index (χ0n) is 11.1. The van der Waals surface area contributed by atoms with Crippen LogP contribution in [-0.4, -0.2) is 20.1 Å². The largest absolute Gasteiger partial charge is 0.373 e. The second-order valence-electron chi connectivity index (χ2n) is 4.53. The summed E-state index contributed by atoms with van der Waals surface area (Å²) in [4.78, 5) is 2.26. The third kappa shape index (κ3) is 4.37. The van der Waals surface area contributed by atoms with Gasteiger partial charge in [-0.05, 0) is 23.8 Å². The lowest BCUT2D eigenvalue weighted by Crippen LogP contribution is -2.28. The Balaban J connectivity index is 1.74. The molecule has 0 aliphatic heterocycles. The molecule has 3 heteroatoms. The zero-order chi connectivity index (χ0) is 13.5. The van der Waals surface area contributed by atoms with Crippen molar-refractivity contribution in [2.75, 3.05) is 25.0 Å². The summed E-state index contributed by atoms with van der Waals surface area (Å²) in [6.07, 6.45) is 0. The predicted octanol–water partition coefficient (Wildman–Crippen LogP) is 3.68. The van der Waals surface area contributed by atoms with Crippen LogP contribution in [0.2, 0.25) is 0 Å². The number of para-hydroxylation sites is 1. The Morgan fingerprint density at radius 1 is 1.00 bits per heavy atom. The molecule has 0 heterocycles. The standard InChI is InChI=1S/C16H19BrN2/c1-19(15-8-3-2-4-9-15)12-11-18-13-14-7-5-6-10-16(14)17/h2-10,18H,11-13H2,1H3. The van der Waals surface area contributed by atoms with Gasteiger partial charge in [-0.3, -0.25) is 0 Å². The van der Waals surface area contributed by atoms with E-state index in [9.17, 15) is 0 Å². The van der Waals surface area contributed by atoms with Crippen molar-refractivity contribution in [1.82, 2.24) is 5.32 Å². The normalized spacial score (nSPS) is 10.4. The Bertz CT molecular complexity index is 499. The van der Waals surface area contributed by atoms with E-state index < -0.39 is 0 Å². The van der Waals surface area contributed by atoms with E-state index in [1.807, 2.05) is 12.1 Å². The predicted molar refractivity (Wildman–Crippen MR) is 85.6 cm³/mol. The summed E-state index contributed by atoms with van der Waals surface area (Å²) < 4.78 is 1.17. The molecule has 0 spiro atoms. The summed E-state index contributed by atoms with van der Waals surface area (Å²) in [5, 5.41) is 3.47. The van der Waals surface area contributed by atoms with Gasteiger partial charge in [0, 0.05) is 36.8 Å². The maximum absolute atomic E-state index is 3.56. The fraction of sp³-hybridized carbons (Fsp3) is 0.250. The van der Waals surface area contributed by atoms with Crippen molar-refractivity contribution >= 4 is 21.6 Å². The van der Waals surface area contributed by atoms with E-state index in [0.717, 1.165) is 19.6 Å². The number of hydrogen-bond donors (Lipinski definition) is 1. The Labute approximate surface area is 123 Å². The van der Waals surface area contributed by atoms with E-state index >= 15 is 0 Å². The van der Waals surface area contributed by atoms with Crippen molar-refractivity contribution in [3.8, 4) is 0 Å². The van der Waals surface area contributed by atoms with Crippen LogP contribution in [0.3, 0.4) is 0 Å². The number of hydrogen-bond acceptors (Lipinski definition) is 2. The van der Waals surface area contributed by atoms with Gasteiger partial charge in [0.2, 0.25) is 0 Å². The SMILES string of the molecule is CN(CCNCc1ccccc1Br)c1ccccc1. The third-order valence-corrected chi connectivity index (χ3v) is 3.87. The molecule has 0 saturated carbocycles. The first-order valence-electron chi connectivity index (χ1n) is 6.47. The lowest BCUT2D eigenvalue weighted by atomic mass is 10.2. The molecule has 2 rings (SSSR count). The van der Waals surface area contributed by atoms with Crippen molar-refractivity contribution < 1.29 is 0 Å². The summed E-state index contributed by atoms with van der Waals surface area (Å²) in [7, 11) is 2.12. The molecule has 0 atom stereocenters. The van der Waals surface area contributed by atoms with Crippen LogP contribution in [0, 0.1) is 0 Å². The molecule has 0 aliphatic carbocycles. The number of anilines is 1.